The van der Waals surface area contributed by atoms with Crippen LogP contribution in [0.3, 0.4) is 0 Å². The summed E-state index contributed by atoms with van der Waals surface area (Å²) < 4.78 is 13.2. The number of hydrogen-bond acceptors (Lipinski definition) is 4. The van der Waals surface area contributed by atoms with Gasteiger partial charge in [0, 0.05) is 0 Å². The lowest BCUT2D eigenvalue weighted by molar-refractivity contribution is -0.384. The first-order valence-corrected chi connectivity index (χ1v) is 5.23. The van der Waals surface area contributed by atoms with E-state index in [-0.39, 0.29) is 29.5 Å². The maximum Gasteiger partial charge on any atom is 0.296 e. The van der Waals surface area contributed by atoms with Crippen molar-refractivity contribution in [2.24, 2.45) is 0 Å². The van der Waals surface area contributed by atoms with Gasteiger partial charge in [-0.2, -0.15) is 0 Å². The molecule has 94 valence electrons. The molecule has 8 heteroatoms. The number of benzene rings is 1. The summed E-state index contributed by atoms with van der Waals surface area (Å²) in [7, 11) is 0. The summed E-state index contributed by atoms with van der Waals surface area (Å²) in [6, 6.07) is 1.61. The predicted molar refractivity (Wildman–Crippen MR) is 60.0 cm³/mol. The van der Waals surface area contributed by atoms with Crippen LogP contribution in [0.2, 0.25) is 5.02 Å². The van der Waals surface area contributed by atoms with E-state index in [1.54, 1.807) is 0 Å². The van der Waals surface area contributed by atoms with Gasteiger partial charge in [-0.05, 0) is 6.07 Å². The van der Waals surface area contributed by atoms with Crippen molar-refractivity contribution in [1.29, 1.82) is 0 Å². The van der Waals surface area contributed by atoms with Gasteiger partial charge in [0.2, 0.25) is 5.91 Å². The van der Waals surface area contributed by atoms with Crippen LogP contribution in [0.4, 0.5) is 15.8 Å². The smallest absolute Gasteiger partial charge is 0.296 e. The lowest BCUT2D eigenvalue weighted by atomic mass is 10.2. The average molecular weight is 273 g/mol. The largest absolute Gasteiger partial charge is 0.298 e. The van der Waals surface area contributed by atoms with Crippen molar-refractivity contribution >= 4 is 34.7 Å². The van der Waals surface area contributed by atoms with Gasteiger partial charge in [-0.1, -0.05) is 11.6 Å². The fraction of sp³-hybridized carbons (Fsp3) is 0.200. The second kappa shape index (κ2) is 4.34. The number of carbonyl (C=O) groups is 2. The molecular formula is C10H6ClFN2O4. The van der Waals surface area contributed by atoms with Crippen molar-refractivity contribution < 1.29 is 18.9 Å². The summed E-state index contributed by atoms with van der Waals surface area (Å²) >= 11 is 5.53. The molecule has 1 aromatic rings. The fourth-order valence-corrected chi connectivity index (χ4v) is 1.85. The zero-order chi connectivity index (χ0) is 13.4. The third-order valence-corrected chi connectivity index (χ3v) is 2.78. The Morgan fingerprint density at radius 2 is 2.06 bits per heavy atom. The van der Waals surface area contributed by atoms with E-state index in [0.29, 0.717) is 6.07 Å². The van der Waals surface area contributed by atoms with Crippen LogP contribution in [0.1, 0.15) is 6.42 Å². The van der Waals surface area contributed by atoms with E-state index >= 15 is 0 Å². The molecule has 1 amide bonds. The maximum atomic E-state index is 13.2. The topological polar surface area (TPSA) is 80.5 Å². The molecule has 0 radical (unpaired) electrons. The Morgan fingerprint density at radius 3 is 2.56 bits per heavy atom. The fourth-order valence-electron chi connectivity index (χ4n) is 1.69. The normalized spacial score (nSPS) is 15.3. The number of halogens is 2. The Morgan fingerprint density at radius 1 is 1.39 bits per heavy atom. The van der Waals surface area contributed by atoms with Gasteiger partial charge >= 0.3 is 0 Å². The van der Waals surface area contributed by atoms with Gasteiger partial charge in [-0.15, -0.1) is 0 Å². The number of Topliss-reactive ketones (excluding diaryl/α,β-unsaturated/α-hetero) is 1. The molecule has 0 aromatic heterocycles. The third kappa shape index (κ3) is 2.04. The molecule has 1 aliphatic rings. The van der Waals surface area contributed by atoms with E-state index in [1.807, 2.05) is 0 Å². The molecule has 0 bridgehead atoms. The van der Waals surface area contributed by atoms with Crippen LogP contribution >= 0.6 is 11.6 Å². The molecule has 6 nitrogen and oxygen atoms in total. The average Bonchev–Trinajstić information content (AvgIpc) is 2.61. The highest BCUT2D eigenvalue weighted by Gasteiger charge is 2.33. The highest BCUT2D eigenvalue weighted by Crippen LogP contribution is 2.34. The minimum Gasteiger partial charge on any atom is -0.298 e. The van der Waals surface area contributed by atoms with E-state index in [0.717, 1.165) is 11.0 Å². The Kier molecular flexibility index (Phi) is 3.00. The first kappa shape index (κ1) is 12.4. The minimum atomic E-state index is -0.954. The lowest BCUT2D eigenvalue weighted by Gasteiger charge is -2.15. The zero-order valence-corrected chi connectivity index (χ0v) is 9.61. The number of hydrogen-bond donors (Lipinski definition) is 0. The second-order valence-corrected chi connectivity index (χ2v) is 4.11. The van der Waals surface area contributed by atoms with Crippen molar-refractivity contribution in [1.82, 2.24) is 0 Å². The number of carbonyl (C=O) groups excluding carboxylic acids is 2. The van der Waals surface area contributed by atoms with Gasteiger partial charge in [0.25, 0.3) is 5.69 Å². The summed E-state index contributed by atoms with van der Waals surface area (Å²) in [5.41, 5.74) is -0.762. The molecule has 1 fully saturated rings. The summed E-state index contributed by atoms with van der Waals surface area (Å²) in [5.74, 6) is -1.87. The first-order chi connectivity index (χ1) is 8.40. The van der Waals surface area contributed by atoms with Gasteiger partial charge < -0.3 is 0 Å². The number of anilines is 1. The molecule has 0 N–H and O–H groups in total. The number of amides is 1. The predicted octanol–water partition coefficient (Wildman–Crippen LogP) is 1.69. The number of nitro groups is 1. The van der Waals surface area contributed by atoms with Crippen molar-refractivity contribution in [3.8, 4) is 0 Å². The molecule has 0 saturated carbocycles. The second-order valence-electron chi connectivity index (χ2n) is 3.71. The molecule has 0 unspecified atom stereocenters. The van der Waals surface area contributed by atoms with E-state index in [4.69, 9.17) is 11.6 Å². The van der Waals surface area contributed by atoms with E-state index in [2.05, 4.69) is 0 Å². The number of ketones is 1. The number of nitro benzene ring substituents is 1. The van der Waals surface area contributed by atoms with Crippen LogP contribution < -0.4 is 4.90 Å². The third-order valence-electron chi connectivity index (χ3n) is 2.49. The molecule has 1 saturated heterocycles. The van der Waals surface area contributed by atoms with Crippen LogP contribution in [0.25, 0.3) is 0 Å². The molecule has 1 aromatic carbocycles. The van der Waals surface area contributed by atoms with Gasteiger partial charge in [0.05, 0.1) is 29.0 Å². The highest BCUT2D eigenvalue weighted by atomic mass is 35.5. The molecule has 0 aliphatic carbocycles. The van der Waals surface area contributed by atoms with Crippen molar-refractivity contribution in [2.45, 2.75) is 6.42 Å². The van der Waals surface area contributed by atoms with Gasteiger partial charge in [-0.25, -0.2) is 4.39 Å². The molecule has 18 heavy (non-hydrogen) atoms. The van der Waals surface area contributed by atoms with Crippen LogP contribution in [0.5, 0.6) is 0 Å². The Labute approximate surface area is 105 Å². The summed E-state index contributed by atoms with van der Waals surface area (Å²) in [4.78, 5) is 33.5. The van der Waals surface area contributed by atoms with Crippen LogP contribution in [-0.4, -0.2) is 23.2 Å². The van der Waals surface area contributed by atoms with E-state index in [9.17, 15) is 24.1 Å². The Balaban J connectivity index is 2.56. The van der Waals surface area contributed by atoms with Gasteiger partial charge in [0.15, 0.2) is 5.78 Å². The Bertz CT molecular complexity index is 575. The zero-order valence-electron chi connectivity index (χ0n) is 8.85. The molecular weight excluding hydrogens is 267 g/mol. The van der Waals surface area contributed by atoms with Crippen LogP contribution in [0, 0.1) is 15.9 Å². The number of rotatable bonds is 2. The minimum absolute atomic E-state index is 0.165. The van der Waals surface area contributed by atoms with Crippen LogP contribution in [0.15, 0.2) is 12.1 Å². The molecule has 0 atom stereocenters. The van der Waals surface area contributed by atoms with E-state index in [1.165, 1.54) is 0 Å². The van der Waals surface area contributed by atoms with Gasteiger partial charge in [0.1, 0.15) is 11.5 Å². The SMILES string of the molecule is O=C1CC(=O)N(c2cc(Cl)c(F)cc2[N+](=O)[O-])C1. The quantitative estimate of drug-likeness (QED) is 0.466. The summed E-state index contributed by atoms with van der Waals surface area (Å²) in [5, 5.41) is 10.5. The van der Waals surface area contributed by atoms with Gasteiger partial charge in [-0.3, -0.25) is 24.6 Å². The van der Waals surface area contributed by atoms with Crippen molar-refractivity contribution in [3.05, 3.63) is 33.1 Å². The first-order valence-electron chi connectivity index (χ1n) is 4.85. The monoisotopic (exact) mass is 272 g/mol. The molecule has 1 aliphatic heterocycles. The molecule has 2 rings (SSSR count). The summed E-state index contributed by atoms with van der Waals surface area (Å²) in [6.45, 7) is -0.262. The lowest BCUT2D eigenvalue weighted by Crippen LogP contribution is -2.25. The highest BCUT2D eigenvalue weighted by molar-refractivity contribution is 6.31. The summed E-state index contributed by atoms with van der Waals surface area (Å²) in [6.07, 6.45) is -0.313. The molecule has 1 heterocycles. The molecule has 0 spiro atoms. The van der Waals surface area contributed by atoms with Crippen molar-refractivity contribution in [3.63, 3.8) is 0 Å². The Hall–Kier alpha value is -2.02. The van der Waals surface area contributed by atoms with E-state index < -0.39 is 22.3 Å². The van der Waals surface area contributed by atoms with Crippen LogP contribution in [-0.2, 0) is 9.59 Å². The standard InChI is InChI=1S/C10H6ClFN2O4/c11-6-2-8(9(14(17)18)3-7(6)12)13-4-5(15)1-10(13)16/h2-3H,1,4H2. The van der Waals surface area contributed by atoms with Crippen molar-refractivity contribution in [2.75, 3.05) is 11.4 Å². The maximum absolute atomic E-state index is 13.2. The number of nitrogens with zero attached hydrogens (tertiary/aromatic N) is 2.